The standard InChI is InChI=1S/C11H15NO3/c1-8-9(5-6-14-2)3-4-10(7-13)11(8)15-12/h3-4,7H,5-6,12H2,1-2H3. The Morgan fingerprint density at radius 3 is 2.73 bits per heavy atom. The van der Waals surface area contributed by atoms with Gasteiger partial charge in [-0.1, -0.05) is 6.07 Å². The minimum absolute atomic E-state index is 0.443. The largest absolute Gasteiger partial charge is 0.410 e. The molecule has 0 unspecified atom stereocenters. The Morgan fingerprint density at radius 2 is 2.20 bits per heavy atom. The molecule has 4 heteroatoms. The van der Waals surface area contributed by atoms with Crippen LogP contribution in [0, 0.1) is 6.92 Å². The molecule has 1 rings (SSSR count). The summed E-state index contributed by atoms with van der Waals surface area (Å²) in [6, 6.07) is 3.59. The minimum atomic E-state index is 0.443. The molecule has 15 heavy (non-hydrogen) atoms. The second-order valence-corrected chi connectivity index (χ2v) is 3.25. The molecule has 0 spiro atoms. The van der Waals surface area contributed by atoms with E-state index >= 15 is 0 Å². The first kappa shape index (κ1) is 11.7. The van der Waals surface area contributed by atoms with E-state index in [0.29, 0.717) is 17.9 Å². The summed E-state index contributed by atoms with van der Waals surface area (Å²) < 4.78 is 4.99. The molecule has 82 valence electrons. The lowest BCUT2D eigenvalue weighted by Crippen LogP contribution is -2.08. The molecule has 0 aliphatic heterocycles. The number of ether oxygens (including phenoxy) is 1. The third-order valence-corrected chi connectivity index (χ3v) is 2.37. The van der Waals surface area contributed by atoms with Gasteiger partial charge in [-0.3, -0.25) is 4.79 Å². The molecule has 0 saturated heterocycles. The quantitative estimate of drug-likeness (QED) is 0.585. The van der Waals surface area contributed by atoms with Crippen molar-refractivity contribution in [2.45, 2.75) is 13.3 Å². The number of rotatable bonds is 5. The second kappa shape index (κ2) is 5.48. The molecule has 0 amide bonds. The van der Waals surface area contributed by atoms with Gasteiger partial charge in [-0.25, -0.2) is 0 Å². The van der Waals surface area contributed by atoms with E-state index in [1.807, 2.05) is 13.0 Å². The van der Waals surface area contributed by atoms with Crippen molar-refractivity contribution in [3.05, 3.63) is 28.8 Å². The molecular weight excluding hydrogens is 194 g/mol. The number of hydrogen-bond donors (Lipinski definition) is 1. The van der Waals surface area contributed by atoms with Crippen LogP contribution in [-0.4, -0.2) is 20.0 Å². The number of carbonyl (C=O) groups is 1. The lowest BCUT2D eigenvalue weighted by molar-refractivity contribution is 0.111. The summed E-state index contributed by atoms with van der Waals surface area (Å²) in [5, 5.41) is 0. The van der Waals surface area contributed by atoms with Gasteiger partial charge in [0.15, 0.2) is 12.0 Å². The summed E-state index contributed by atoms with van der Waals surface area (Å²) in [6.07, 6.45) is 1.51. The van der Waals surface area contributed by atoms with Gasteiger partial charge in [0.25, 0.3) is 0 Å². The van der Waals surface area contributed by atoms with Crippen molar-refractivity contribution in [2.24, 2.45) is 5.90 Å². The fraction of sp³-hybridized carbons (Fsp3) is 0.364. The van der Waals surface area contributed by atoms with Crippen molar-refractivity contribution in [2.75, 3.05) is 13.7 Å². The topological polar surface area (TPSA) is 61.5 Å². The van der Waals surface area contributed by atoms with Gasteiger partial charge in [-0.15, -0.1) is 0 Å². The van der Waals surface area contributed by atoms with Gasteiger partial charge in [0.1, 0.15) is 0 Å². The number of benzene rings is 1. The lowest BCUT2D eigenvalue weighted by Gasteiger charge is -2.11. The zero-order chi connectivity index (χ0) is 11.3. The minimum Gasteiger partial charge on any atom is -0.410 e. The maximum Gasteiger partial charge on any atom is 0.160 e. The van der Waals surface area contributed by atoms with Crippen LogP contribution in [0.3, 0.4) is 0 Å². The summed E-state index contributed by atoms with van der Waals surface area (Å²) in [5.74, 6) is 5.58. The van der Waals surface area contributed by atoms with Crippen LogP contribution in [0.1, 0.15) is 21.5 Å². The maximum absolute atomic E-state index is 10.7. The van der Waals surface area contributed by atoms with Crippen molar-refractivity contribution in [1.29, 1.82) is 0 Å². The van der Waals surface area contributed by atoms with E-state index in [4.69, 9.17) is 15.5 Å². The summed E-state index contributed by atoms with van der Waals surface area (Å²) in [6.45, 7) is 2.51. The summed E-state index contributed by atoms with van der Waals surface area (Å²) >= 11 is 0. The smallest absolute Gasteiger partial charge is 0.160 e. The van der Waals surface area contributed by atoms with E-state index in [9.17, 15) is 4.79 Å². The van der Waals surface area contributed by atoms with E-state index in [2.05, 4.69) is 0 Å². The first-order valence-corrected chi connectivity index (χ1v) is 4.68. The molecule has 0 saturated carbocycles. The predicted molar refractivity (Wildman–Crippen MR) is 57.0 cm³/mol. The highest BCUT2D eigenvalue weighted by Gasteiger charge is 2.10. The predicted octanol–water partition coefficient (Wildman–Crippen LogP) is 1.25. The molecule has 0 aliphatic carbocycles. The second-order valence-electron chi connectivity index (χ2n) is 3.25. The molecule has 0 atom stereocenters. The van der Waals surface area contributed by atoms with Crippen LogP contribution in [-0.2, 0) is 11.2 Å². The Kier molecular flexibility index (Phi) is 4.27. The van der Waals surface area contributed by atoms with E-state index < -0.39 is 0 Å². The Bertz CT molecular complexity index is 350. The van der Waals surface area contributed by atoms with Crippen molar-refractivity contribution in [3.8, 4) is 5.75 Å². The van der Waals surface area contributed by atoms with Gasteiger partial charge in [-0.05, 0) is 30.5 Å². The molecular formula is C11H15NO3. The average molecular weight is 209 g/mol. The van der Waals surface area contributed by atoms with E-state index in [0.717, 1.165) is 23.8 Å². The monoisotopic (exact) mass is 209 g/mol. The average Bonchev–Trinajstić information content (AvgIpc) is 2.27. The summed E-state index contributed by atoms with van der Waals surface area (Å²) in [7, 11) is 1.65. The van der Waals surface area contributed by atoms with Gasteiger partial charge >= 0.3 is 0 Å². The van der Waals surface area contributed by atoms with Crippen molar-refractivity contribution in [3.63, 3.8) is 0 Å². The Balaban J connectivity index is 3.05. The van der Waals surface area contributed by atoms with Crippen LogP contribution >= 0.6 is 0 Å². The number of methoxy groups -OCH3 is 1. The molecule has 0 radical (unpaired) electrons. The van der Waals surface area contributed by atoms with Gasteiger partial charge in [0.2, 0.25) is 0 Å². The van der Waals surface area contributed by atoms with Gasteiger partial charge in [0.05, 0.1) is 12.2 Å². The molecule has 0 fully saturated rings. The van der Waals surface area contributed by atoms with Gasteiger partial charge in [0, 0.05) is 7.11 Å². The molecule has 4 nitrogen and oxygen atoms in total. The van der Waals surface area contributed by atoms with Crippen LogP contribution in [0.4, 0.5) is 0 Å². The zero-order valence-electron chi connectivity index (χ0n) is 8.95. The van der Waals surface area contributed by atoms with Gasteiger partial charge < -0.3 is 9.57 Å². The van der Waals surface area contributed by atoms with Crippen molar-refractivity contribution >= 4 is 6.29 Å². The molecule has 0 heterocycles. The van der Waals surface area contributed by atoms with Crippen LogP contribution in [0.2, 0.25) is 0 Å². The first-order valence-electron chi connectivity index (χ1n) is 4.68. The Morgan fingerprint density at radius 1 is 1.47 bits per heavy atom. The number of hydrogen-bond acceptors (Lipinski definition) is 4. The summed E-state index contributed by atoms with van der Waals surface area (Å²) in [5.41, 5.74) is 2.43. The normalized spacial score (nSPS) is 10.1. The van der Waals surface area contributed by atoms with Crippen molar-refractivity contribution in [1.82, 2.24) is 0 Å². The number of carbonyl (C=O) groups excluding carboxylic acids is 1. The molecule has 1 aromatic carbocycles. The molecule has 0 bridgehead atoms. The highest BCUT2D eigenvalue weighted by molar-refractivity contribution is 5.80. The molecule has 1 aromatic rings. The zero-order valence-corrected chi connectivity index (χ0v) is 8.95. The molecule has 0 aromatic heterocycles. The fourth-order valence-corrected chi connectivity index (χ4v) is 1.49. The maximum atomic E-state index is 10.7. The molecule has 2 N–H and O–H groups in total. The summed E-state index contributed by atoms with van der Waals surface area (Å²) in [4.78, 5) is 15.4. The SMILES string of the molecule is COCCc1ccc(C=O)c(ON)c1C. The third-order valence-electron chi connectivity index (χ3n) is 2.37. The highest BCUT2D eigenvalue weighted by Crippen LogP contribution is 2.25. The fourth-order valence-electron chi connectivity index (χ4n) is 1.49. The van der Waals surface area contributed by atoms with Crippen LogP contribution in [0.25, 0.3) is 0 Å². The Labute approximate surface area is 88.9 Å². The van der Waals surface area contributed by atoms with Gasteiger partial charge in [-0.2, -0.15) is 5.90 Å². The Hall–Kier alpha value is -1.39. The highest BCUT2D eigenvalue weighted by atomic mass is 16.6. The van der Waals surface area contributed by atoms with E-state index in [1.165, 1.54) is 0 Å². The van der Waals surface area contributed by atoms with Crippen LogP contribution < -0.4 is 10.7 Å². The van der Waals surface area contributed by atoms with Crippen LogP contribution in [0.15, 0.2) is 12.1 Å². The van der Waals surface area contributed by atoms with Crippen LogP contribution in [0.5, 0.6) is 5.75 Å². The number of aldehydes is 1. The first-order chi connectivity index (χ1) is 7.24. The third kappa shape index (κ3) is 2.55. The van der Waals surface area contributed by atoms with E-state index in [-0.39, 0.29) is 0 Å². The number of nitrogens with two attached hydrogens (primary N) is 1. The van der Waals surface area contributed by atoms with Crippen molar-refractivity contribution < 1.29 is 14.4 Å². The lowest BCUT2D eigenvalue weighted by atomic mass is 10.0. The molecule has 0 aliphatic rings. The van der Waals surface area contributed by atoms with E-state index in [1.54, 1.807) is 13.2 Å².